The van der Waals surface area contributed by atoms with Crippen LogP contribution in [0.1, 0.15) is 0 Å². The van der Waals surface area contributed by atoms with Gasteiger partial charge in [-0.2, -0.15) is 0 Å². The minimum absolute atomic E-state index is 0.651. The molecular weight excluding hydrogens is 476 g/mol. The van der Waals surface area contributed by atoms with Crippen molar-refractivity contribution < 1.29 is 0 Å². The molecule has 0 aliphatic carbocycles. The van der Waals surface area contributed by atoms with Gasteiger partial charge in [0.1, 0.15) is 0 Å². The molecule has 0 radical (unpaired) electrons. The SMILES string of the molecule is CN(C)c1ccc(-c2nc(-c3ccc(-c4ccccc4)cc3)nc(-c3ccc(-c4ccccc4)cc3)n2)cc1. The van der Waals surface area contributed by atoms with Crippen molar-refractivity contribution in [3.05, 3.63) is 133 Å². The Morgan fingerprint density at radius 3 is 0.949 bits per heavy atom. The third-order valence-corrected chi connectivity index (χ3v) is 6.78. The largest absolute Gasteiger partial charge is 0.378 e. The summed E-state index contributed by atoms with van der Waals surface area (Å²) in [5.41, 5.74) is 8.65. The minimum Gasteiger partial charge on any atom is -0.378 e. The molecule has 5 aromatic carbocycles. The average Bonchev–Trinajstić information content (AvgIpc) is 3.02. The van der Waals surface area contributed by atoms with E-state index in [-0.39, 0.29) is 0 Å². The zero-order valence-electron chi connectivity index (χ0n) is 22.0. The van der Waals surface area contributed by atoms with Crippen LogP contribution in [-0.2, 0) is 0 Å². The maximum atomic E-state index is 4.92. The van der Waals surface area contributed by atoms with Gasteiger partial charge in [0.15, 0.2) is 17.5 Å². The van der Waals surface area contributed by atoms with Gasteiger partial charge in [0.25, 0.3) is 0 Å². The van der Waals surface area contributed by atoms with E-state index < -0.39 is 0 Å². The van der Waals surface area contributed by atoms with Crippen molar-refractivity contribution in [1.29, 1.82) is 0 Å². The zero-order valence-corrected chi connectivity index (χ0v) is 22.0. The molecule has 0 saturated heterocycles. The molecular formula is C35H28N4. The van der Waals surface area contributed by atoms with Crippen LogP contribution in [0.2, 0.25) is 0 Å². The summed E-state index contributed by atoms with van der Waals surface area (Å²) in [4.78, 5) is 16.8. The summed E-state index contributed by atoms with van der Waals surface area (Å²) in [6, 6.07) is 45.8. The molecule has 0 atom stereocenters. The van der Waals surface area contributed by atoms with Crippen LogP contribution in [0.3, 0.4) is 0 Å². The highest BCUT2D eigenvalue weighted by molar-refractivity contribution is 5.72. The summed E-state index contributed by atoms with van der Waals surface area (Å²) in [5, 5.41) is 0. The molecule has 0 N–H and O–H groups in total. The smallest absolute Gasteiger partial charge is 0.164 e. The van der Waals surface area contributed by atoms with E-state index in [0.717, 1.165) is 33.5 Å². The number of hydrogen-bond acceptors (Lipinski definition) is 4. The van der Waals surface area contributed by atoms with E-state index in [1.165, 1.54) is 11.1 Å². The molecule has 1 aromatic heterocycles. The van der Waals surface area contributed by atoms with Gasteiger partial charge in [0.2, 0.25) is 0 Å². The molecule has 0 fully saturated rings. The van der Waals surface area contributed by atoms with Crippen molar-refractivity contribution in [3.8, 4) is 56.4 Å². The van der Waals surface area contributed by atoms with Crippen molar-refractivity contribution in [1.82, 2.24) is 15.0 Å². The van der Waals surface area contributed by atoms with Gasteiger partial charge in [-0.25, -0.2) is 15.0 Å². The summed E-state index contributed by atoms with van der Waals surface area (Å²) in [6.07, 6.45) is 0. The summed E-state index contributed by atoms with van der Waals surface area (Å²) >= 11 is 0. The first-order chi connectivity index (χ1) is 19.1. The Balaban J connectivity index is 1.41. The van der Waals surface area contributed by atoms with E-state index in [9.17, 15) is 0 Å². The fourth-order valence-corrected chi connectivity index (χ4v) is 4.56. The van der Waals surface area contributed by atoms with Crippen LogP contribution < -0.4 is 4.90 Å². The number of nitrogens with zero attached hydrogens (tertiary/aromatic N) is 4. The normalized spacial score (nSPS) is 10.8. The van der Waals surface area contributed by atoms with Crippen LogP contribution >= 0.6 is 0 Å². The number of hydrogen-bond donors (Lipinski definition) is 0. The van der Waals surface area contributed by atoms with E-state index >= 15 is 0 Å². The Hall–Kier alpha value is -5.09. The number of rotatable bonds is 6. The van der Waals surface area contributed by atoms with Gasteiger partial charge in [0, 0.05) is 36.5 Å². The highest BCUT2D eigenvalue weighted by atomic mass is 15.1. The molecule has 0 spiro atoms. The van der Waals surface area contributed by atoms with Gasteiger partial charge >= 0.3 is 0 Å². The first kappa shape index (κ1) is 24.3. The van der Waals surface area contributed by atoms with Crippen LogP contribution in [0.25, 0.3) is 56.4 Å². The van der Waals surface area contributed by atoms with Crippen molar-refractivity contribution in [3.63, 3.8) is 0 Å². The Morgan fingerprint density at radius 1 is 0.333 bits per heavy atom. The first-order valence-electron chi connectivity index (χ1n) is 13.0. The molecule has 4 nitrogen and oxygen atoms in total. The minimum atomic E-state index is 0.651. The second-order valence-electron chi connectivity index (χ2n) is 9.63. The van der Waals surface area contributed by atoms with E-state index in [1.54, 1.807) is 0 Å². The Labute approximate surface area is 229 Å². The maximum Gasteiger partial charge on any atom is 0.164 e. The van der Waals surface area contributed by atoms with Crippen molar-refractivity contribution in [2.24, 2.45) is 0 Å². The molecule has 0 unspecified atom stereocenters. The van der Waals surface area contributed by atoms with E-state index in [1.807, 2.05) is 26.2 Å². The zero-order chi connectivity index (χ0) is 26.6. The van der Waals surface area contributed by atoms with Gasteiger partial charge < -0.3 is 4.90 Å². The average molecular weight is 505 g/mol. The lowest BCUT2D eigenvalue weighted by molar-refractivity contribution is 1.07. The number of benzene rings is 5. The van der Waals surface area contributed by atoms with Gasteiger partial charge in [-0.3, -0.25) is 0 Å². The molecule has 4 heteroatoms. The predicted octanol–water partition coefficient (Wildman–Crippen LogP) is 8.27. The second kappa shape index (κ2) is 10.7. The third-order valence-electron chi connectivity index (χ3n) is 6.78. The van der Waals surface area contributed by atoms with Crippen LogP contribution in [-0.4, -0.2) is 29.0 Å². The molecule has 0 aliphatic heterocycles. The standard InChI is InChI=1S/C35H28N4/c1-39(2)32-23-21-31(22-24-32)35-37-33(29-17-13-27(14-18-29)25-9-5-3-6-10-25)36-34(38-35)30-19-15-28(16-20-30)26-11-7-4-8-12-26/h3-24H,1-2H3. The topological polar surface area (TPSA) is 41.9 Å². The van der Waals surface area contributed by atoms with Crippen molar-refractivity contribution in [2.45, 2.75) is 0 Å². The monoisotopic (exact) mass is 504 g/mol. The lowest BCUT2D eigenvalue weighted by Gasteiger charge is -2.13. The molecule has 39 heavy (non-hydrogen) atoms. The molecule has 188 valence electrons. The van der Waals surface area contributed by atoms with E-state index in [2.05, 4.69) is 126 Å². The first-order valence-corrected chi connectivity index (χ1v) is 13.0. The fraction of sp³-hybridized carbons (Fsp3) is 0.0571. The summed E-state index contributed by atoms with van der Waals surface area (Å²) in [6.45, 7) is 0. The second-order valence-corrected chi connectivity index (χ2v) is 9.63. The summed E-state index contributed by atoms with van der Waals surface area (Å²) in [7, 11) is 4.07. The van der Waals surface area contributed by atoms with Gasteiger partial charge in [-0.1, -0.05) is 109 Å². The third kappa shape index (κ3) is 5.32. The van der Waals surface area contributed by atoms with Crippen LogP contribution in [0.15, 0.2) is 133 Å². The molecule has 0 bridgehead atoms. The Bertz CT molecular complexity index is 1570. The Morgan fingerprint density at radius 2 is 0.615 bits per heavy atom. The van der Waals surface area contributed by atoms with Crippen molar-refractivity contribution in [2.75, 3.05) is 19.0 Å². The summed E-state index contributed by atoms with van der Waals surface area (Å²) < 4.78 is 0. The van der Waals surface area contributed by atoms with Gasteiger partial charge in [-0.05, 0) is 46.5 Å². The fourth-order valence-electron chi connectivity index (χ4n) is 4.56. The molecule has 6 aromatic rings. The van der Waals surface area contributed by atoms with Gasteiger partial charge in [-0.15, -0.1) is 0 Å². The van der Waals surface area contributed by atoms with Crippen LogP contribution in [0, 0.1) is 0 Å². The molecule has 0 aliphatic rings. The van der Waals surface area contributed by atoms with Crippen molar-refractivity contribution >= 4 is 5.69 Å². The molecule has 1 heterocycles. The van der Waals surface area contributed by atoms with E-state index in [0.29, 0.717) is 17.5 Å². The highest BCUT2D eigenvalue weighted by Gasteiger charge is 2.13. The molecule has 0 amide bonds. The van der Waals surface area contributed by atoms with Gasteiger partial charge in [0.05, 0.1) is 0 Å². The van der Waals surface area contributed by atoms with Crippen LogP contribution in [0.4, 0.5) is 5.69 Å². The number of aromatic nitrogens is 3. The highest BCUT2D eigenvalue weighted by Crippen LogP contribution is 2.29. The van der Waals surface area contributed by atoms with E-state index in [4.69, 9.17) is 15.0 Å². The number of anilines is 1. The lowest BCUT2D eigenvalue weighted by atomic mass is 10.0. The molecule has 6 rings (SSSR count). The predicted molar refractivity (Wildman–Crippen MR) is 161 cm³/mol. The summed E-state index contributed by atoms with van der Waals surface area (Å²) in [5.74, 6) is 1.96. The quantitative estimate of drug-likeness (QED) is 0.229. The van der Waals surface area contributed by atoms with Crippen LogP contribution in [0.5, 0.6) is 0 Å². The lowest BCUT2D eigenvalue weighted by Crippen LogP contribution is -2.08. The molecule has 0 saturated carbocycles. The Kier molecular flexibility index (Phi) is 6.67. The maximum absolute atomic E-state index is 4.92.